The first kappa shape index (κ1) is 17.6. The van der Waals surface area contributed by atoms with Crippen molar-refractivity contribution in [2.24, 2.45) is 0 Å². The Morgan fingerprint density at radius 1 is 1.05 bits per heavy atom. The minimum atomic E-state index is -3.46. The summed E-state index contributed by atoms with van der Waals surface area (Å²) in [5.41, 5.74) is 0.0540. The van der Waals surface area contributed by atoms with Gasteiger partial charge in [-0.15, -0.1) is 0 Å². The Bertz CT molecular complexity index is 535. The minimum Gasteiger partial charge on any atom is -0.478 e. The second-order valence-electron chi connectivity index (χ2n) is 4.37. The lowest BCUT2D eigenvalue weighted by atomic mass is 10.2. The summed E-state index contributed by atoms with van der Waals surface area (Å²) in [6, 6.07) is 5.13. The molecule has 0 atom stereocenters. The SMILES string of the molecule is CCCOCCOCCS(=O)(=O)c1ccc(C(=O)O)cc1. The molecule has 0 aliphatic carbocycles. The molecule has 0 aromatic heterocycles. The molecular weight excluding hydrogens is 296 g/mol. The molecule has 21 heavy (non-hydrogen) atoms. The highest BCUT2D eigenvalue weighted by atomic mass is 32.2. The quantitative estimate of drug-likeness (QED) is 0.659. The molecule has 0 heterocycles. The molecule has 0 bridgehead atoms. The van der Waals surface area contributed by atoms with Crippen molar-refractivity contribution < 1.29 is 27.8 Å². The third-order valence-electron chi connectivity index (χ3n) is 2.68. The number of carboxylic acid groups (broad SMARTS) is 1. The Balaban J connectivity index is 2.41. The van der Waals surface area contributed by atoms with Crippen LogP contribution in [0.4, 0.5) is 0 Å². The lowest BCUT2D eigenvalue weighted by Gasteiger charge is -2.07. The Morgan fingerprint density at radius 3 is 2.14 bits per heavy atom. The van der Waals surface area contributed by atoms with E-state index in [4.69, 9.17) is 14.6 Å². The molecule has 0 fully saturated rings. The van der Waals surface area contributed by atoms with E-state index in [0.29, 0.717) is 19.8 Å². The number of hydrogen-bond acceptors (Lipinski definition) is 5. The number of ether oxygens (including phenoxy) is 2. The van der Waals surface area contributed by atoms with E-state index in [1.807, 2.05) is 6.92 Å². The van der Waals surface area contributed by atoms with Gasteiger partial charge in [-0.25, -0.2) is 13.2 Å². The standard InChI is InChI=1S/C14H20O6S/c1-2-7-19-8-9-20-10-11-21(17,18)13-5-3-12(4-6-13)14(15)16/h3-6H,2,7-11H2,1H3,(H,15,16). The predicted octanol–water partition coefficient (Wildman–Crippen LogP) is 1.60. The maximum absolute atomic E-state index is 12.0. The molecule has 1 N–H and O–H groups in total. The Kier molecular flexibility index (Phi) is 7.35. The third kappa shape index (κ3) is 6.24. The molecule has 0 saturated carbocycles. The van der Waals surface area contributed by atoms with Gasteiger partial charge in [-0.2, -0.15) is 0 Å². The van der Waals surface area contributed by atoms with Crippen LogP contribution in [0.1, 0.15) is 23.7 Å². The first-order valence-corrected chi connectivity index (χ1v) is 8.34. The number of benzene rings is 1. The van der Waals surface area contributed by atoms with E-state index in [9.17, 15) is 13.2 Å². The van der Waals surface area contributed by atoms with Gasteiger partial charge in [0.2, 0.25) is 0 Å². The van der Waals surface area contributed by atoms with E-state index in [1.165, 1.54) is 24.3 Å². The highest BCUT2D eigenvalue weighted by molar-refractivity contribution is 7.91. The second-order valence-corrected chi connectivity index (χ2v) is 6.48. The van der Waals surface area contributed by atoms with Gasteiger partial charge in [-0.1, -0.05) is 6.92 Å². The molecule has 0 aliphatic heterocycles. The van der Waals surface area contributed by atoms with Gasteiger partial charge in [0.05, 0.1) is 36.0 Å². The summed E-state index contributed by atoms with van der Waals surface area (Å²) in [5.74, 6) is -1.23. The van der Waals surface area contributed by atoms with Gasteiger partial charge in [0, 0.05) is 6.61 Å². The van der Waals surface area contributed by atoms with Crippen molar-refractivity contribution in [3.63, 3.8) is 0 Å². The molecule has 118 valence electrons. The Morgan fingerprint density at radius 2 is 1.62 bits per heavy atom. The van der Waals surface area contributed by atoms with Gasteiger partial charge in [-0.3, -0.25) is 0 Å². The van der Waals surface area contributed by atoms with Gasteiger partial charge < -0.3 is 14.6 Å². The van der Waals surface area contributed by atoms with Crippen LogP contribution >= 0.6 is 0 Å². The van der Waals surface area contributed by atoms with Crippen molar-refractivity contribution in [3.8, 4) is 0 Å². The van der Waals surface area contributed by atoms with Crippen LogP contribution in [0.15, 0.2) is 29.2 Å². The van der Waals surface area contributed by atoms with Crippen LogP contribution in [0, 0.1) is 0 Å². The number of carbonyl (C=O) groups is 1. The summed E-state index contributed by atoms with van der Waals surface area (Å²) in [6.07, 6.45) is 0.931. The molecule has 6 nitrogen and oxygen atoms in total. The summed E-state index contributed by atoms with van der Waals surface area (Å²) in [6.45, 7) is 3.55. The molecular formula is C14H20O6S. The predicted molar refractivity (Wildman–Crippen MR) is 77.4 cm³/mol. The molecule has 1 aromatic rings. The smallest absolute Gasteiger partial charge is 0.335 e. The molecule has 7 heteroatoms. The topological polar surface area (TPSA) is 89.9 Å². The second kappa shape index (κ2) is 8.76. The Hall–Kier alpha value is -1.44. The normalized spacial score (nSPS) is 11.5. The molecule has 0 radical (unpaired) electrons. The van der Waals surface area contributed by atoms with Crippen LogP contribution in [0.25, 0.3) is 0 Å². The van der Waals surface area contributed by atoms with Gasteiger partial charge in [0.15, 0.2) is 9.84 Å². The highest BCUT2D eigenvalue weighted by Crippen LogP contribution is 2.12. The average molecular weight is 316 g/mol. The highest BCUT2D eigenvalue weighted by Gasteiger charge is 2.15. The number of carboxylic acids is 1. The number of hydrogen-bond donors (Lipinski definition) is 1. The van der Waals surface area contributed by atoms with Crippen molar-refractivity contribution >= 4 is 15.8 Å². The van der Waals surface area contributed by atoms with Crippen LogP contribution in [-0.2, 0) is 19.3 Å². The van der Waals surface area contributed by atoms with Crippen LogP contribution < -0.4 is 0 Å². The lowest BCUT2D eigenvalue weighted by molar-refractivity contribution is 0.0537. The maximum atomic E-state index is 12.0. The van der Waals surface area contributed by atoms with Crippen molar-refractivity contribution in [1.82, 2.24) is 0 Å². The summed E-state index contributed by atoms with van der Waals surface area (Å²) in [4.78, 5) is 10.8. The fourth-order valence-electron chi connectivity index (χ4n) is 1.56. The maximum Gasteiger partial charge on any atom is 0.335 e. The Labute approximate surface area is 124 Å². The van der Waals surface area contributed by atoms with Crippen molar-refractivity contribution in [2.75, 3.05) is 32.2 Å². The van der Waals surface area contributed by atoms with E-state index < -0.39 is 15.8 Å². The zero-order valence-electron chi connectivity index (χ0n) is 11.9. The van der Waals surface area contributed by atoms with Crippen molar-refractivity contribution in [3.05, 3.63) is 29.8 Å². The first-order valence-electron chi connectivity index (χ1n) is 6.69. The third-order valence-corrected chi connectivity index (χ3v) is 4.37. The van der Waals surface area contributed by atoms with E-state index in [2.05, 4.69) is 0 Å². The van der Waals surface area contributed by atoms with E-state index in [1.54, 1.807) is 0 Å². The zero-order chi connectivity index (χ0) is 15.7. The fourth-order valence-corrected chi connectivity index (χ4v) is 2.68. The summed E-state index contributed by atoms with van der Waals surface area (Å²) >= 11 is 0. The van der Waals surface area contributed by atoms with Crippen LogP contribution in [0.5, 0.6) is 0 Å². The monoisotopic (exact) mass is 316 g/mol. The molecule has 0 aliphatic rings. The zero-order valence-corrected chi connectivity index (χ0v) is 12.8. The van der Waals surface area contributed by atoms with Crippen LogP contribution in [0.3, 0.4) is 0 Å². The van der Waals surface area contributed by atoms with Crippen LogP contribution in [0.2, 0.25) is 0 Å². The van der Waals surface area contributed by atoms with Gasteiger partial charge >= 0.3 is 5.97 Å². The largest absolute Gasteiger partial charge is 0.478 e. The van der Waals surface area contributed by atoms with E-state index >= 15 is 0 Å². The molecule has 0 spiro atoms. The summed E-state index contributed by atoms with van der Waals surface area (Å²) < 4.78 is 34.4. The van der Waals surface area contributed by atoms with Gasteiger partial charge in [0.25, 0.3) is 0 Å². The average Bonchev–Trinajstić information content (AvgIpc) is 2.46. The summed E-state index contributed by atoms with van der Waals surface area (Å²) in [5, 5.41) is 8.76. The molecule has 0 unspecified atom stereocenters. The van der Waals surface area contributed by atoms with Gasteiger partial charge in [0.1, 0.15) is 0 Å². The minimum absolute atomic E-state index is 0.0540. The molecule has 0 saturated heterocycles. The van der Waals surface area contributed by atoms with Crippen molar-refractivity contribution in [1.29, 1.82) is 0 Å². The fraction of sp³-hybridized carbons (Fsp3) is 0.500. The van der Waals surface area contributed by atoms with Crippen LogP contribution in [-0.4, -0.2) is 51.7 Å². The number of sulfone groups is 1. The molecule has 1 rings (SSSR count). The number of rotatable bonds is 10. The first-order chi connectivity index (χ1) is 9.97. The molecule has 1 aromatic carbocycles. The van der Waals surface area contributed by atoms with Crippen molar-refractivity contribution in [2.45, 2.75) is 18.2 Å². The van der Waals surface area contributed by atoms with E-state index in [0.717, 1.165) is 6.42 Å². The number of aromatic carboxylic acids is 1. The summed E-state index contributed by atoms with van der Waals surface area (Å²) in [7, 11) is -3.46. The lowest BCUT2D eigenvalue weighted by Crippen LogP contribution is -2.15. The van der Waals surface area contributed by atoms with Gasteiger partial charge in [-0.05, 0) is 30.7 Å². The molecule has 0 amide bonds. The van der Waals surface area contributed by atoms with E-state index in [-0.39, 0.29) is 22.8 Å².